The molecule has 2 aliphatic rings. The molecule has 0 aromatic heterocycles. The van der Waals surface area contributed by atoms with Gasteiger partial charge in [-0.1, -0.05) is 85.8 Å². The van der Waals surface area contributed by atoms with E-state index in [9.17, 15) is 15.0 Å². The summed E-state index contributed by atoms with van der Waals surface area (Å²) in [5.74, 6) is 1.50. The molecule has 2 saturated heterocycles. The van der Waals surface area contributed by atoms with E-state index in [-0.39, 0.29) is 36.9 Å². The predicted octanol–water partition coefficient (Wildman–Crippen LogP) is 7.82. The van der Waals surface area contributed by atoms with Crippen molar-refractivity contribution in [3.63, 3.8) is 0 Å². The fourth-order valence-electron chi connectivity index (χ4n) is 6.87. The molecule has 268 valence electrons. The summed E-state index contributed by atoms with van der Waals surface area (Å²) in [5.41, 5.74) is 6.45. The summed E-state index contributed by atoms with van der Waals surface area (Å²) in [6, 6.07) is 40.8. The highest BCUT2D eigenvalue weighted by Crippen LogP contribution is 2.42. The molecule has 0 saturated carbocycles. The zero-order chi connectivity index (χ0) is 35.9. The van der Waals surface area contributed by atoms with Gasteiger partial charge in [0.05, 0.1) is 24.9 Å². The van der Waals surface area contributed by atoms with E-state index in [4.69, 9.17) is 14.2 Å². The van der Waals surface area contributed by atoms with Gasteiger partial charge in [0.15, 0.2) is 6.29 Å². The maximum absolute atomic E-state index is 12.8. The van der Waals surface area contributed by atoms with Gasteiger partial charge < -0.3 is 35.1 Å². The molecule has 2 fully saturated rings. The van der Waals surface area contributed by atoms with Gasteiger partial charge in [0.2, 0.25) is 0 Å². The van der Waals surface area contributed by atoms with E-state index in [1.165, 1.54) is 0 Å². The summed E-state index contributed by atoms with van der Waals surface area (Å²) in [4.78, 5) is 15.0. The zero-order valence-electron chi connectivity index (χ0n) is 29.2. The topological polar surface area (TPSA) is 113 Å². The fraction of sp³-hybridized carbons (Fsp3) is 0.279. The van der Waals surface area contributed by atoms with Gasteiger partial charge in [0.1, 0.15) is 11.5 Å². The minimum Gasteiger partial charge on any atom is -0.457 e. The van der Waals surface area contributed by atoms with Crippen LogP contribution < -0.4 is 15.4 Å². The average molecular weight is 700 g/mol. The van der Waals surface area contributed by atoms with E-state index in [1.807, 2.05) is 91.0 Å². The minimum atomic E-state index is -0.594. The number of carbonyl (C=O) groups is 1. The van der Waals surface area contributed by atoms with Crippen LogP contribution in [0, 0.1) is 5.92 Å². The Morgan fingerprint density at radius 2 is 1.54 bits per heavy atom. The quantitative estimate of drug-likeness (QED) is 0.111. The number of ether oxygens (including phenoxy) is 3. The second kappa shape index (κ2) is 16.5. The maximum Gasteiger partial charge on any atom is 0.319 e. The Bertz CT molecular complexity index is 1920. The number of anilines is 1. The van der Waals surface area contributed by atoms with Crippen LogP contribution in [0.4, 0.5) is 10.5 Å². The van der Waals surface area contributed by atoms with Crippen LogP contribution in [0.1, 0.15) is 48.0 Å². The predicted molar refractivity (Wildman–Crippen MR) is 201 cm³/mol. The number of amides is 2. The molecular weight excluding hydrogens is 654 g/mol. The van der Waals surface area contributed by atoms with Gasteiger partial charge >= 0.3 is 6.03 Å². The number of aliphatic hydroxyl groups excluding tert-OH is 2. The number of β-amino-alcohol motifs (C(OH)–C–C–N with tert-alkyl or cyclic N) is 1. The molecule has 5 aromatic rings. The van der Waals surface area contributed by atoms with Crippen molar-refractivity contribution in [1.29, 1.82) is 0 Å². The van der Waals surface area contributed by atoms with Crippen LogP contribution >= 0.6 is 0 Å². The van der Waals surface area contributed by atoms with Gasteiger partial charge in [-0.05, 0) is 82.8 Å². The number of hydrogen-bond acceptors (Lipinski definition) is 7. The highest BCUT2D eigenvalue weighted by atomic mass is 16.7. The molecule has 52 heavy (non-hydrogen) atoms. The SMILES string of the molecule is C[C@@H]1[C@H](CN2CC[C@H](O)C2)O[C@H](c2cccc(-c3cccc(CNC(=O)Nc4ccc(Oc5ccccc5)cc4)c3)c2)O[C@@H]1c1ccc(CO)cc1. The van der Waals surface area contributed by atoms with Crippen molar-refractivity contribution in [3.8, 4) is 22.6 Å². The van der Waals surface area contributed by atoms with Gasteiger partial charge in [-0.25, -0.2) is 4.79 Å². The lowest BCUT2D eigenvalue weighted by atomic mass is 9.90. The third-order valence-electron chi connectivity index (χ3n) is 9.77. The van der Waals surface area contributed by atoms with Crippen LogP contribution in [0.15, 0.2) is 127 Å². The van der Waals surface area contributed by atoms with Crippen LogP contribution in [-0.2, 0) is 22.6 Å². The Morgan fingerprint density at radius 1 is 0.808 bits per heavy atom. The monoisotopic (exact) mass is 699 g/mol. The second-order valence-corrected chi connectivity index (χ2v) is 13.6. The number of urea groups is 1. The lowest BCUT2D eigenvalue weighted by Gasteiger charge is -2.42. The Morgan fingerprint density at radius 3 is 2.27 bits per heavy atom. The first-order valence-electron chi connectivity index (χ1n) is 17.9. The average Bonchev–Trinajstić information content (AvgIpc) is 3.60. The lowest BCUT2D eigenvalue weighted by molar-refractivity contribution is -0.276. The standard InChI is InChI=1S/C43H45N3O6/c1-29-40(27-46-22-21-37(48)26-46)51-42(52-41(29)32-15-13-30(28-47)14-16-32)35-10-6-9-34(24-35)33-8-5-7-31(23-33)25-44-43(49)45-36-17-19-39(20-18-36)50-38-11-3-2-4-12-38/h2-20,23-24,29,37,40-42,47-48H,21-22,25-28H2,1H3,(H2,44,45,49)/t29-,37+,40+,41+,42+/m1/s1. The van der Waals surface area contributed by atoms with E-state index in [1.54, 1.807) is 12.1 Å². The lowest BCUT2D eigenvalue weighted by Crippen LogP contribution is -2.44. The first-order chi connectivity index (χ1) is 25.4. The molecule has 7 rings (SSSR count). The summed E-state index contributed by atoms with van der Waals surface area (Å²) >= 11 is 0. The third kappa shape index (κ3) is 8.88. The molecule has 4 N–H and O–H groups in total. The largest absolute Gasteiger partial charge is 0.457 e. The minimum absolute atomic E-state index is 0.00919. The number of carbonyl (C=O) groups excluding carboxylic acids is 1. The van der Waals surface area contributed by atoms with Gasteiger partial charge in [-0.15, -0.1) is 0 Å². The summed E-state index contributed by atoms with van der Waals surface area (Å²) < 4.78 is 19.2. The van der Waals surface area contributed by atoms with Crippen molar-refractivity contribution >= 4 is 11.7 Å². The molecule has 2 aliphatic heterocycles. The summed E-state index contributed by atoms with van der Waals surface area (Å²) in [5, 5.41) is 25.6. The van der Waals surface area contributed by atoms with E-state index < -0.39 is 6.29 Å². The summed E-state index contributed by atoms with van der Waals surface area (Å²) in [6.07, 6.45) is -0.454. The van der Waals surface area contributed by atoms with Crippen LogP contribution in [0.25, 0.3) is 11.1 Å². The molecule has 0 bridgehead atoms. The number of rotatable bonds is 11. The number of nitrogens with one attached hydrogen (secondary N) is 2. The third-order valence-corrected chi connectivity index (χ3v) is 9.77. The fourth-order valence-corrected chi connectivity index (χ4v) is 6.87. The molecule has 9 nitrogen and oxygen atoms in total. The molecule has 5 aromatic carbocycles. The van der Waals surface area contributed by atoms with Crippen molar-refractivity contribution in [3.05, 3.63) is 150 Å². The highest BCUT2D eigenvalue weighted by molar-refractivity contribution is 5.89. The molecule has 0 radical (unpaired) electrons. The van der Waals surface area contributed by atoms with E-state index >= 15 is 0 Å². The van der Waals surface area contributed by atoms with Gasteiger partial charge in [-0.3, -0.25) is 4.90 Å². The second-order valence-electron chi connectivity index (χ2n) is 13.6. The number of hydrogen-bond donors (Lipinski definition) is 4. The van der Waals surface area contributed by atoms with Gasteiger partial charge in [0, 0.05) is 43.3 Å². The van der Waals surface area contributed by atoms with Crippen molar-refractivity contribution in [2.45, 2.75) is 51.1 Å². The molecule has 2 heterocycles. The molecule has 2 amide bonds. The number of aliphatic hydroxyl groups is 2. The number of likely N-dealkylation sites (tertiary alicyclic amines) is 1. The van der Waals surface area contributed by atoms with Crippen LogP contribution in [-0.4, -0.2) is 53.0 Å². The van der Waals surface area contributed by atoms with Gasteiger partial charge in [-0.2, -0.15) is 0 Å². The maximum atomic E-state index is 12.8. The summed E-state index contributed by atoms with van der Waals surface area (Å²) in [7, 11) is 0. The van der Waals surface area contributed by atoms with Crippen LogP contribution in [0.3, 0.4) is 0 Å². The molecule has 0 aliphatic carbocycles. The van der Waals surface area contributed by atoms with E-state index in [0.717, 1.165) is 52.1 Å². The molecular formula is C43H45N3O6. The molecule has 0 unspecified atom stereocenters. The van der Waals surface area contributed by atoms with Crippen LogP contribution in [0.2, 0.25) is 0 Å². The Kier molecular flexibility index (Phi) is 11.3. The highest BCUT2D eigenvalue weighted by Gasteiger charge is 2.40. The molecule has 0 spiro atoms. The first kappa shape index (κ1) is 35.4. The van der Waals surface area contributed by atoms with Crippen molar-refractivity contribution < 1.29 is 29.2 Å². The van der Waals surface area contributed by atoms with E-state index in [0.29, 0.717) is 31.1 Å². The Labute approximate surface area is 304 Å². The van der Waals surface area contributed by atoms with Crippen molar-refractivity contribution in [2.75, 3.05) is 25.0 Å². The number of para-hydroxylation sites is 1. The molecule has 5 atom stereocenters. The number of nitrogens with zero attached hydrogens (tertiary/aromatic N) is 1. The summed E-state index contributed by atoms with van der Waals surface area (Å²) in [6.45, 7) is 4.70. The van der Waals surface area contributed by atoms with Crippen LogP contribution in [0.5, 0.6) is 11.5 Å². The zero-order valence-corrected chi connectivity index (χ0v) is 29.2. The Balaban J connectivity index is 1.01. The normalized spacial score (nSPS) is 21.8. The van der Waals surface area contributed by atoms with Crippen molar-refractivity contribution in [2.24, 2.45) is 5.92 Å². The van der Waals surface area contributed by atoms with E-state index in [2.05, 4.69) is 46.7 Å². The Hall–Kier alpha value is -5.03. The van der Waals surface area contributed by atoms with Gasteiger partial charge in [0.25, 0.3) is 0 Å². The van der Waals surface area contributed by atoms with Crippen molar-refractivity contribution in [1.82, 2.24) is 10.2 Å². The first-order valence-corrected chi connectivity index (χ1v) is 17.9. The number of benzene rings is 5. The smallest absolute Gasteiger partial charge is 0.319 e. The molecule has 9 heteroatoms.